The van der Waals surface area contributed by atoms with Crippen molar-refractivity contribution >= 4 is 11.6 Å². The molecule has 5 nitrogen and oxygen atoms in total. The van der Waals surface area contributed by atoms with Gasteiger partial charge in [-0.05, 0) is 11.6 Å². The fourth-order valence-electron chi connectivity index (χ4n) is 1.92. The lowest BCUT2D eigenvalue weighted by atomic mass is 10.1. The molecule has 0 saturated carbocycles. The van der Waals surface area contributed by atoms with Crippen LogP contribution in [0, 0.1) is 11.3 Å². The van der Waals surface area contributed by atoms with Crippen molar-refractivity contribution in [2.24, 2.45) is 0 Å². The summed E-state index contributed by atoms with van der Waals surface area (Å²) in [5.74, 6) is 1.02. The second-order valence-electron chi connectivity index (χ2n) is 4.31. The number of hydrogen-bond acceptors (Lipinski definition) is 5. The van der Waals surface area contributed by atoms with E-state index in [0.717, 1.165) is 11.1 Å². The van der Waals surface area contributed by atoms with Crippen LogP contribution in [0.4, 0.5) is 11.6 Å². The summed E-state index contributed by atoms with van der Waals surface area (Å²) in [4.78, 5) is 12.4. The minimum Gasteiger partial charge on any atom is -0.323 e. The van der Waals surface area contributed by atoms with Gasteiger partial charge in [0.2, 0.25) is 0 Å². The summed E-state index contributed by atoms with van der Waals surface area (Å²) < 4.78 is 0. The van der Waals surface area contributed by atoms with Crippen LogP contribution >= 0.6 is 0 Å². The zero-order chi connectivity index (χ0) is 14.5. The second-order valence-corrected chi connectivity index (χ2v) is 4.31. The standard InChI is InChI=1S/C16H11N5/c17-9-13-8-14(12-4-2-1-3-5-12)10-20-16(13)21-15-11-18-6-7-19-15/h1-8,10-11H,(H,19,20,21). The van der Waals surface area contributed by atoms with Crippen molar-refractivity contribution in [3.63, 3.8) is 0 Å². The number of hydrogen-bond donors (Lipinski definition) is 1. The van der Waals surface area contributed by atoms with Crippen molar-refractivity contribution in [1.82, 2.24) is 15.0 Å². The Bertz CT molecular complexity index is 779. The van der Waals surface area contributed by atoms with Gasteiger partial charge in [0.05, 0.1) is 11.8 Å². The quantitative estimate of drug-likeness (QED) is 0.793. The van der Waals surface area contributed by atoms with Crippen LogP contribution in [0.1, 0.15) is 5.56 Å². The van der Waals surface area contributed by atoms with Gasteiger partial charge in [0.15, 0.2) is 0 Å². The Labute approximate surface area is 122 Å². The molecule has 2 aromatic heterocycles. The first kappa shape index (κ1) is 12.8. The van der Waals surface area contributed by atoms with E-state index in [0.29, 0.717) is 17.2 Å². The van der Waals surface area contributed by atoms with E-state index in [2.05, 4.69) is 26.3 Å². The first-order chi connectivity index (χ1) is 10.4. The topological polar surface area (TPSA) is 74.5 Å². The summed E-state index contributed by atoms with van der Waals surface area (Å²) in [6, 6.07) is 13.8. The Kier molecular flexibility index (Phi) is 3.52. The number of aromatic nitrogens is 3. The van der Waals surface area contributed by atoms with Crippen LogP contribution in [-0.4, -0.2) is 15.0 Å². The van der Waals surface area contributed by atoms with Crippen LogP contribution in [0.3, 0.4) is 0 Å². The maximum Gasteiger partial charge on any atom is 0.150 e. The van der Waals surface area contributed by atoms with E-state index < -0.39 is 0 Å². The summed E-state index contributed by atoms with van der Waals surface area (Å²) in [6.45, 7) is 0. The van der Waals surface area contributed by atoms with Gasteiger partial charge in [0.1, 0.15) is 17.7 Å². The number of nitrogens with zero attached hydrogens (tertiary/aromatic N) is 4. The highest BCUT2D eigenvalue weighted by atomic mass is 15.1. The Morgan fingerprint density at radius 1 is 0.952 bits per heavy atom. The third-order valence-corrected chi connectivity index (χ3v) is 2.92. The predicted molar refractivity (Wildman–Crippen MR) is 79.7 cm³/mol. The highest BCUT2D eigenvalue weighted by Gasteiger charge is 2.07. The van der Waals surface area contributed by atoms with Gasteiger partial charge in [0, 0.05) is 24.2 Å². The minimum atomic E-state index is 0.460. The molecule has 0 aliphatic carbocycles. The molecule has 3 aromatic rings. The number of nitriles is 1. The van der Waals surface area contributed by atoms with E-state index in [9.17, 15) is 5.26 Å². The number of anilines is 2. The first-order valence-electron chi connectivity index (χ1n) is 6.35. The fourth-order valence-corrected chi connectivity index (χ4v) is 1.92. The summed E-state index contributed by atoms with van der Waals surface area (Å²) in [6.07, 6.45) is 6.47. The van der Waals surface area contributed by atoms with Gasteiger partial charge in [0.25, 0.3) is 0 Å². The van der Waals surface area contributed by atoms with Gasteiger partial charge in [-0.1, -0.05) is 30.3 Å². The Balaban J connectivity index is 1.95. The first-order valence-corrected chi connectivity index (χ1v) is 6.35. The maximum absolute atomic E-state index is 9.30. The predicted octanol–water partition coefficient (Wildman–Crippen LogP) is 3.15. The Hall–Kier alpha value is -3.26. The van der Waals surface area contributed by atoms with Gasteiger partial charge < -0.3 is 5.32 Å². The smallest absolute Gasteiger partial charge is 0.150 e. The average molecular weight is 273 g/mol. The lowest BCUT2D eigenvalue weighted by Gasteiger charge is -2.08. The monoisotopic (exact) mass is 273 g/mol. The molecule has 0 amide bonds. The molecule has 100 valence electrons. The number of rotatable bonds is 3. The Morgan fingerprint density at radius 3 is 2.52 bits per heavy atom. The molecule has 1 aromatic carbocycles. The van der Waals surface area contributed by atoms with Crippen LogP contribution in [0.5, 0.6) is 0 Å². The highest BCUT2D eigenvalue weighted by molar-refractivity contribution is 5.69. The summed E-state index contributed by atoms with van der Waals surface area (Å²) >= 11 is 0. The van der Waals surface area contributed by atoms with Gasteiger partial charge in [-0.25, -0.2) is 9.97 Å². The molecule has 0 saturated heterocycles. The molecular formula is C16H11N5. The van der Waals surface area contributed by atoms with Crippen LogP contribution in [0.15, 0.2) is 61.2 Å². The molecule has 0 fully saturated rings. The lowest BCUT2D eigenvalue weighted by molar-refractivity contribution is 1.18. The van der Waals surface area contributed by atoms with Gasteiger partial charge >= 0.3 is 0 Å². The minimum absolute atomic E-state index is 0.460. The van der Waals surface area contributed by atoms with Gasteiger partial charge in [-0.2, -0.15) is 5.26 Å². The molecular weight excluding hydrogens is 262 g/mol. The average Bonchev–Trinajstić information content (AvgIpc) is 2.57. The molecule has 5 heteroatoms. The molecule has 1 N–H and O–H groups in total. The third-order valence-electron chi connectivity index (χ3n) is 2.92. The van der Waals surface area contributed by atoms with E-state index in [-0.39, 0.29) is 0 Å². The normalized spacial score (nSPS) is 9.86. The summed E-state index contributed by atoms with van der Waals surface area (Å²) in [7, 11) is 0. The van der Waals surface area contributed by atoms with Crippen molar-refractivity contribution in [2.45, 2.75) is 0 Å². The number of pyridine rings is 1. The zero-order valence-electron chi connectivity index (χ0n) is 11.1. The van der Waals surface area contributed by atoms with Crippen molar-refractivity contribution in [3.05, 3.63) is 66.7 Å². The Morgan fingerprint density at radius 2 is 1.81 bits per heavy atom. The van der Waals surface area contributed by atoms with E-state index in [1.165, 1.54) is 0 Å². The molecule has 0 bridgehead atoms. The van der Waals surface area contributed by atoms with E-state index in [1.807, 2.05) is 30.3 Å². The number of nitrogens with one attached hydrogen (secondary N) is 1. The molecule has 0 spiro atoms. The van der Waals surface area contributed by atoms with Crippen LogP contribution in [0.25, 0.3) is 11.1 Å². The van der Waals surface area contributed by atoms with E-state index in [4.69, 9.17) is 0 Å². The lowest BCUT2D eigenvalue weighted by Crippen LogP contribution is -1.99. The molecule has 21 heavy (non-hydrogen) atoms. The maximum atomic E-state index is 9.30. The highest BCUT2D eigenvalue weighted by Crippen LogP contribution is 2.23. The molecule has 0 aliphatic heterocycles. The van der Waals surface area contributed by atoms with Crippen molar-refractivity contribution < 1.29 is 0 Å². The summed E-state index contributed by atoms with van der Waals surface area (Å²) in [5.41, 5.74) is 2.38. The SMILES string of the molecule is N#Cc1cc(-c2ccccc2)cnc1Nc1cnccn1. The van der Waals surface area contributed by atoms with Crippen molar-refractivity contribution in [2.75, 3.05) is 5.32 Å². The molecule has 3 rings (SSSR count). The molecule has 0 unspecified atom stereocenters. The van der Waals surface area contributed by atoms with Gasteiger partial charge in [-0.3, -0.25) is 4.98 Å². The molecule has 0 atom stereocenters. The molecule has 0 aliphatic rings. The summed E-state index contributed by atoms with van der Waals surface area (Å²) in [5, 5.41) is 12.3. The number of benzene rings is 1. The van der Waals surface area contributed by atoms with Crippen molar-refractivity contribution in [1.29, 1.82) is 5.26 Å². The van der Waals surface area contributed by atoms with Crippen LogP contribution in [-0.2, 0) is 0 Å². The second kappa shape index (κ2) is 5.80. The van der Waals surface area contributed by atoms with E-state index in [1.54, 1.807) is 30.9 Å². The van der Waals surface area contributed by atoms with Crippen LogP contribution < -0.4 is 5.32 Å². The molecule has 0 radical (unpaired) electrons. The van der Waals surface area contributed by atoms with Crippen molar-refractivity contribution in [3.8, 4) is 17.2 Å². The van der Waals surface area contributed by atoms with Crippen LogP contribution in [0.2, 0.25) is 0 Å². The molecule has 2 heterocycles. The third kappa shape index (κ3) is 2.85. The zero-order valence-corrected chi connectivity index (χ0v) is 11.1. The largest absolute Gasteiger partial charge is 0.323 e. The van der Waals surface area contributed by atoms with Gasteiger partial charge in [-0.15, -0.1) is 0 Å². The van der Waals surface area contributed by atoms with E-state index >= 15 is 0 Å². The fraction of sp³-hybridized carbons (Fsp3) is 0.